The van der Waals surface area contributed by atoms with Crippen LogP contribution in [0.1, 0.15) is 40.5 Å². The van der Waals surface area contributed by atoms with Gasteiger partial charge in [-0.05, 0) is 33.2 Å². The Morgan fingerprint density at radius 1 is 1.20 bits per heavy atom. The van der Waals surface area contributed by atoms with Gasteiger partial charge in [0.05, 0.1) is 18.8 Å². The number of halogens is 1. The zero-order valence-corrected chi connectivity index (χ0v) is 10.5. The van der Waals surface area contributed by atoms with Crippen molar-refractivity contribution in [2.75, 3.05) is 26.3 Å². The third kappa shape index (κ3) is 2.91. The Labute approximate surface area is 92.8 Å². The molecule has 2 saturated heterocycles. The summed E-state index contributed by atoms with van der Waals surface area (Å²) >= 11 is 0. The minimum Gasteiger partial charge on any atom is -0.377 e. The molecule has 0 aromatic rings. The van der Waals surface area contributed by atoms with Crippen molar-refractivity contribution in [2.45, 2.75) is 51.7 Å². The minimum absolute atomic E-state index is 0.119. The molecule has 3 heteroatoms. The van der Waals surface area contributed by atoms with Gasteiger partial charge in [-0.2, -0.15) is 0 Å². The molecule has 0 aliphatic carbocycles. The number of hydrogen-bond acceptors (Lipinski definition) is 2. The van der Waals surface area contributed by atoms with Crippen molar-refractivity contribution >= 4 is 0 Å². The van der Waals surface area contributed by atoms with E-state index in [0.717, 1.165) is 26.2 Å². The zero-order valence-electron chi connectivity index (χ0n) is 10.5. The molecular weight excluding hydrogens is 193 g/mol. The molecule has 0 bridgehead atoms. The summed E-state index contributed by atoms with van der Waals surface area (Å²) < 4.78 is 18.9. The summed E-state index contributed by atoms with van der Waals surface area (Å²) in [4.78, 5) is 2.25. The standard InChI is InChI=1S/C10H18FNO.C2H6/c1-9(11)4-3-5-12(6-9)10(2)7-13-8-10;1-2/h3-8H2,1-2H3;1-2H3. The van der Waals surface area contributed by atoms with E-state index in [1.807, 2.05) is 13.8 Å². The van der Waals surface area contributed by atoms with Crippen LogP contribution in [0.2, 0.25) is 0 Å². The van der Waals surface area contributed by atoms with Gasteiger partial charge in [-0.3, -0.25) is 4.90 Å². The second-order valence-electron chi connectivity index (χ2n) is 4.93. The van der Waals surface area contributed by atoms with Crippen molar-refractivity contribution in [2.24, 2.45) is 0 Å². The van der Waals surface area contributed by atoms with Crippen LogP contribution in [0.4, 0.5) is 4.39 Å². The third-order valence-electron chi connectivity index (χ3n) is 3.24. The summed E-state index contributed by atoms with van der Waals surface area (Å²) in [5, 5.41) is 0. The molecule has 0 aromatic carbocycles. The average Bonchev–Trinajstić information content (AvgIpc) is 2.16. The fraction of sp³-hybridized carbons (Fsp3) is 1.00. The van der Waals surface area contributed by atoms with E-state index in [2.05, 4.69) is 11.8 Å². The summed E-state index contributed by atoms with van der Waals surface area (Å²) in [5.74, 6) is 0. The summed E-state index contributed by atoms with van der Waals surface area (Å²) in [7, 11) is 0. The van der Waals surface area contributed by atoms with E-state index in [1.165, 1.54) is 0 Å². The van der Waals surface area contributed by atoms with Crippen molar-refractivity contribution in [3.05, 3.63) is 0 Å². The molecule has 0 radical (unpaired) electrons. The van der Waals surface area contributed by atoms with E-state index in [9.17, 15) is 4.39 Å². The highest BCUT2D eigenvalue weighted by molar-refractivity contribution is 4.97. The van der Waals surface area contributed by atoms with Gasteiger partial charge in [0.2, 0.25) is 0 Å². The summed E-state index contributed by atoms with van der Waals surface area (Å²) in [6.07, 6.45) is 1.68. The van der Waals surface area contributed by atoms with E-state index < -0.39 is 5.67 Å². The number of hydrogen-bond donors (Lipinski definition) is 0. The smallest absolute Gasteiger partial charge is 0.121 e. The highest BCUT2D eigenvalue weighted by atomic mass is 19.1. The van der Waals surface area contributed by atoms with Gasteiger partial charge < -0.3 is 4.74 Å². The molecule has 1 unspecified atom stereocenters. The number of piperidine rings is 1. The van der Waals surface area contributed by atoms with E-state index in [1.54, 1.807) is 6.92 Å². The maximum Gasteiger partial charge on any atom is 0.121 e. The van der Waals surface area contributed by atoms with Crippen LogP contribution < -0.4 is 0 Å². The van der Waals surface area contributed by atoms with Gasteiger partial charge in [0.1, 0.15) is 5.67 Å². The highest BCUT2D eigenvalue weighted by Gasteiger charge is 2.44. The zero-order chi connectivity index (χ0) is 11.5. The average molecular weight is 217 g/mol. The molecule has 0 N–H and O–H groups in total. The van der Waals surface area contributed by atoms with Crippen molar-refractivity contribution in [3.63, 3.8) is 0 Å². The van der Waals surface area contributed by atoms with Gasteiger partial charge in [0.25, 0.3) is 0 Å². The Morgan fingerprint density at radius 3 is 2.20 bits per heavy atom. The first-order chi connectivity index (χ1) is 7.02. The first kappa shape index (κ1) is 12.9. The van der Waals surface area contributed by atoms with Crippen molar-refractivity contribution in [1.29, 1.82) is 0 Å². The first-order valence-corrected chi connectivity index (χ1v) is 6.04. The predicted octanol–water partition coefficient (Wildman–Crippen LogP) is 2.63. The Bertz CT molecular complexity index is 202. The molecule has 2 nitrogen and oxygen atoms in total. The van der Waals surface area contributed by atoms with Crippen LogP contribution >= 0.6 is 0 Å². The van der Waals surface area contributed by atoms with E-state index >= 15 is 0 Å². The summed E-state index contributed by atoms with van der Waals surface area (Å²) in [6.45, 7) is 11.0. The quantitative estimate of drug-likeness (QED) is 0.669. The molecule has 0 saturated carbocycles. The van der Waals surface area contributed by atoms with Crippen LogP contribution in [0.5, 0.6) is 0 Å². The van der Waals surface area contributed by atoms with E-state index in [0.29, 0.717) is 13.0 Å². The van der Waals surface area contributed by atoms with Crippen LogP contribution in [-0.4, -0.2) is 42.4 Å². The lowest BCUT2D eigenvalue weighted by molar-refractivity contribution is -0.149. The first-order valence-electron chi connectivity index (χ1n) is 6.04. The van der Waals surface area contributed by atoms with Gasteiger partial charge in [-0.25, -0.2) is 4.39 Å². The number of alkyl halides is 1. The van der Waals surface area contributed by atoms with Gasteiger partial charge in [0.15, 0.2) is 0 Å². The molecule has 2 rings (SSSR count). The second kappa shape index (κ2) is 4.79. The molecule has 2 fully saturated rings. The van der Waals surface area contributed by atoms with Gasteiger partial charge in [0, 0.05) is 6.54 Å². The fourth-order valence-corrected chi connectivity index (χ4v) is 2.24. The Balaban J connectivity index is 0.000000531. The number of ether oxygens (including phenoxy) is 1. The number of nitrogens with zero attached hydrogens (tertiary/aromatic N) is 1. The molecule has 90 valence electrons. The van der Waals surface area contributed by atoms with Crippen molar-refractivity contribution in [3.8, 4) is 0 Å². The number of rotatable bonds is 1. The van der Waals surface area contributed by atoms with Crippen LogP contribution in [0.3, 0.4) is 0 Å². The third-order valence-corrected chi connectivity index (χ3v) is 3.24. The molecule has 1 atom stereocenters. The molecule has 2 aliphatic rings. The SMILES string of the molecule is CC.CC1(F)CCCN(C2(C)COC2)C1. The highest BCUT2D eigenvalue weighted by Crippen LogP contribution is 2.32. The van der Waals surface area contributed by atoms with Crippen LogP contribution in [0, 0.1) is 0 Å². The van der Waals surface area contributed by atoms with Crippen molar-refractivity contribution < 1.29 is 9.13 Å². The Kier molecular flexibility index (Phi) is 4.13. The van der Waals surface area contributed by atoms with E-state index in [-0.39, 0.29) is 5.54 Å². The summed E-state index contributed by atoms with van der Waals surface area (Å²) in [6, 6.07) is 0. The van der Waals surface area contributed by atoms with Crippen LogP contribution in [0.15, 0.2) is 0 Å². The molecular formula is C12H24FNO. The Morgan fingerprint density at radius 2 is 1.80 bits per heavy atom. The predicted molar refractivity (Wildman–Crippen MR) is 60.9 cm³/mol. The Hall–Kier alpha value is -0.150. The topological polar surface area (TPSA) is 12.5 Å². The largest absolute Gasteiger partial charge is 0.377 e. The lowest BCUT2D eigenvalue weighted by atomic mass is 9.89. The molecule has 0 amide bonds. The lowest BCUT2D eigenvalue weighted by Gasteiger charge is -2.51. The maximum atomic E-state index is 13.7. The molecule has 15 heavy (non-hydrogen) atoms. The van der Waals surface area contributed by atoms with Crippen LogP contribution in [-0.2, 0) is 4.74 Å². The van der Waals surface area contributed by atoms with Gasteiger partial charge in [-0.1, -0.05) is 13.8 Å². The van der Waals surface area contributed by atoms with Gasteiger partial charge in [-0.15, -0.1) is 0 Å². The molecule has 2 aliphatic heterocycles. The monoisotopic (exact) mass is 217 g/mol. The summed E-state index contributed by atoms with van der Waals surface area (Å²) in [5.41, 5.74) is -0.870. The lowest BCUT2D eigenvalue weighted by Crippen LogP contribution is -2.64. The molecule has 0 aromatic heterocycles. The van der Waals surface area contributed by atoms with E-state index in [4.69, 9.17) is 4.74 Å². The van der Waals surface area contributed by atoms with Crippen molar-refractivity contribution in [1.82, 2.24) is 4.90 Å². The van der Waals surface area contributed by atoms with Crippen LogP contribution in [0.25, 0.3) is 0 Å². The fourth-order valence-electron chi connectivity index (χ4n) is 2.24. The maximum absolute atomic E-state index is 13.7. The molecule has 2 heterocycles. The normalized spacial score (nSPS) is 35.0. The second-order valence-corrected chi connectivity index (χ2v) is 4.93. The minimum atomic E-state index is -0.989. The number of likely N-dealkylation sites (tertiary alicyclic amines) is 1. The van der Waals surface area contributed by atoms with Gasteiger partial charge >= 0.3 is 0 Å². The molecule has 0 spiro atoms.